The zero-order chi connectivity index (χ0) is 10.1. The highest BCUT2D eigenvalue weighted by Crippen LogP contribution is 2.34. The van der Waals surface area contributed by atoms with Gasteiger partial charge in [0.2, 0.25) is 0 Å². The third-order valence-electron chi connectivity index (χ3n) is 2.57. The van der Waals surface area contributed by atoms with Gasteiger partial charge in [-0.25, -0.2) is 0 Å². The first-order valence-electron chi connectivity index (χ1n) is 4.68. The lowest BCUT2D eigenvalue weighted by atomic mass is 9.98. The molecule has 1 N–H and O–H groups in total. The highest BCUT2D eigenvalue weighted by molar-refractivity contribution is 9.10. The lowest BCUT2D eigenvalue weighted by molar-refractivity contribution is 0.982. The van der Waals surface area contributed by atoms with E-state index >= 15 is 0 Å². The van der Waals surface area contributed by atoms with Crippen LogP contribution in [0.4, 0.5) is 5.69 Å². The minimum absolute atomic E-state index is 0.0492. The first-order chi connectivity index (χ1) is 6.72. The van der Waals surface area contributed by atoms with Crippen molar-refractivity contribution in [3.63, 3.8) is 0 Å². The number of hydrogen-bond donors (Lipinski definition) is 1. The molecule has 0 amide bonds. The molecular formula is C11H11BrN2. The summed E-state index contributed by atoms with van der Waals surface area (Å²) in [7, 11) is 0. The maximum atomic E-state index is 8.92. The molecule has 1 aromatic carbocycles. The van der Waals surface area contributed by atoms with Crippen molar-refractivity contribution in [3.05, 3.63) is 27.7 Å². The number of benzene rings is 1. The van der Waals surface area contributed by atoms with Crippen molar-refractivity contribution >= 4 is 21.6 Å². The molecule has 14 heavy (non-hydrogen) atoms. The van der Waals surface area contributed by atoms with Crippen LogP contribution >= 0.6 is 15.9 Å². The molecule has 2 nitrogen and oxygen atoms in total. The first-order valence-corrected chi connectivity index (χ1v) is 5.47. The molecule has 0 aromatic heterocycles. The highest BCUT2D eigenvalue weighted by atomic mass is 79.9. The summed E-state index contributed by atoms with van der Waals surface area (Å²) in [5.74, 6) is -0.0492. The van der Waals surface area contributed by atoms with Gasteiger partial charge in [0.25, 0.3) is 0 Å². The van der Waals surface area contributed by atoms with E-state index in [0.717, 1.165) is 23.0 Å². The summed E-state index contributed by atoms with van der Waals surface area (Å²) in [6, 6.07) is 6.44. The molecule has 3 heteroatoms. The van der Waals surface area contributed by atoms with Gasteiger partial charge < -0.3 is 5.32 Å². The number of anilines is 1. The van der Waals surface area contributed by atoms with Crippen molar-refractivity contribution < 1.29 is 0 Å². The van der Waals surface area contributed by atoms with Crippen LogP contribution in [-0.2, 0) is 6.42 Å². The van der Waals surface area contributed by atoms with Crippen molar-refractivity contribution in [2.45, 2.75) is 19.3 Å². The minimum atomic E-state index is -0.0492. The third-order valence-corrected chi connectivity index (χ3v) is 3.03. The summed E-state index contributed by atoms with van der Waals surface area (Å²) in [5.41, 5.74) is 3.59. The summed E-state index contributed by atoms with van der Waals surface area (Å²) in [6.45, 7) is 2.92. The molecule has 0 radical (unpaired) electrons. The maximum Gasteiger partial charge on any atom is 0.0705 e. The number of nitrogens with zero attached hydrogens (tertiary/aromatic N) is 1. The summed E-state index contributed by atoms with van der Waals surface area (Å²) in [5, 5.41) is 12.3. The Balaban J connectivity index is 2.55. The van der Waals surface area contributed by atoms with Crippen molar-refractivity contribution in [2.24, 2.45) is 0 Å². The van der Waals surface area contributed by atoms with E-state index < -0.39 is 0 Å². The fraction of sp³-hybridized carbons (Fsp3) is 0.364. The van der Waals surface area contributed by atoms with E-state index in [1.807, 2.05) is 13.0 Å². The molecule has 72 valence electrons. The van der Waals surface area contributed by atoms with E-state index in [0.29, 0.717) is 0 Å². The Morgan fingerprint density at radius 1 is 1.57 bits per heavy atom. The number of rotatable bonds is 1. The molecule has 0 fully saturated rings. The molecule has 1 heterocycles. The quantitative estimate of drug-likeness (QED) is 0.832. The third kappa shape index (κ3) is 1.51. The van der Waals surface area contributed by atoms with Gasteiger partial charge in [-0.3, -0.25) is 0 Å². The topological polar surface area (TPSA) is 35.8 Å². The molecule has 1 unspecified atom stereocenters. The second kappa shape index (κ2) is 3.62. The van der Waals surface area contributed by atoms with E-state index in [1.165, 1.54) is 11.3 Å². The summed E-state index contributed by atoms with van der Waals surface area (Å²) >= 11 is 3.48. The van der Waals surface area contributed by atoms with Gasteiger partial charge in [0, 0.05) is 16.7 Å². The van der Waals surface area contributed by atoms with Crippen molar-refractivity contribution in [1.82, 2.24) is 0 Å². The largest absolute Gasteiger partial charge is 0.384 e. The Bertz CT molecular complexity index is 406. The number of hydrogen-bond acceptors (Lipinski definition) is 2. The van der Waals surface area contributed by atoms with Crippen LogP contribution in [0.3, 0.4) is 0 Å². The van der Waals surface area contributed by atoms with Crippen LogP contribution in [0, 0.1) is 11.3 Å². The predicted octanol–water partition coefficient (Wildman–Crippen LogP) is 3.04. The van der Waals surface area contributed by atoms with Crippen LogP contribution in [0.15, 0.2) is 16.6 Å². The molecule has 1 atom stereocenters. The zero-order valence-corrected chi connectivity index (χ0v) is 9.56. The molecule has 0 aliphatic carbocycles. The molecule has 1 aliphatic heterocycles. The summed E-state index contributed by atoms with van der Waals surface area (Å²) < 4.78 is 1.07. The molecule has 0 spiro atoms. The van der Waals surface area contributed by atoms with Crippen LogP contribution < -0.4 is 5.32 Å². The lowest BCUT2D eigenvalue weighted by Gasteiger charge is -2.11. The monoisotopic (exact) mass is 250 g/mol. The van der Waals surface area contributed by atoms with Gasteiger partial charge in [-0.15, -0.1) is 0 Å². The van der Waals surface area contributed by atoms with Gasteiger partial charge in [-0.1, -0.05) is 15.9 Å². The number of nitrogens with one attached hydrogen (secondary N) is 1. The number of fused-ring (bicyclic) bond motifs is 1. The van der Waals surface area contributed by atoms with E-state index in [-0.39, 0.29) is 5.92 Å². The van der Waals surface area contributed by atoms with E-state index in [4.69, 9.17) is 5.26 Å². The molecule has 1 aromatic rings. The Kier molecular flexibility index (Phi) is 2.47. The normalized spacial score (nSPS) is 15.5. The molecule has 0 saturated heterocycles. The van der Waals surface area contributed by atoms with E-state index in [2.05, 4.69) is 33.4 Å². The second-order valence-electron chi connectivity index (χ2n) is 3.56. The first kappa shape index (κ1) is 9.54. The van der Waals surface area contributed by atoms with Crippen molar-refractivity contribution in [1.29, 1.82) is 5.26 Å². The minimum Gasteiger partial charge on any atom is -0.384 e. The van der Waals surface area contributed by atoms with Crippen LogP contribution in [0.25, 0.3) is 0 Å². The highest BCUT2D eigenvalue weighted by Gasteiger charge is 2.18. The Hall–Kier alpha value is -1.01. The molecule has 1 aliphatic rings. The number of halogens is 1. The summed E-state index contributed by atoms with van der Waals surface area (Å²) in [6.07, 6.45) is 1.06. The lowest BCUT2D eigenvalue weighted by Crippen LogP contribution is -1.98. The van der Waals surface area contributed by atoms with Gasteiger partial charge in [0.1, 0.15) is 0 Å². The van der Waals surface area contributed by atoms with Gasteiger partial charge >= 0.3 is 0 Å². The average molecular weight is 251 g/mol. The number of nitriles is 1. The Labute approximate surface area is 92.1 Å². The smallest absolute Gasteiger partial charge is 0.0705 e. The van der Waals surface area contributed by atoms with Crippen molar-refractivity contribution in [2.75, 3.05) is 11.9 Å². The predicted molar refractivity (Wildman–Crippen MR) is 60.4 cm³/mol. The fourth-order valence-corrected chi connectivity index (χ4v) is 2.36. The van der Waals surface area contributed by atoms with Gasteiger partial charge in [-0.05, 0) is 36.6 Å². The van der Waals surface area contributed by atoms with Gasteiger partial charge in [-0.2, -0.15) is 5.26 Å². The molecule has 0 saturated carbocycles. The molecular weight excluding hydrogens is 240 g/mol. The van der Waals surface area contributed by atoms with Gasteiger partial charge in [0.15, 0.2) is 0 Å². The van der Waals surface area contributed by atoms with Crippen LogP contribution in [0.1, 0.15) is 24.0 Å². The summed E-state index contributed by atoms with van der Waals surface area (Å²) in [4.78, 5) is 0. The van der Waals surface area contributed by atoms with Gasteiger partial charge in [0.05, 0.1) is 12.0 Å². The van der Waals surface area contributed by atoms with Crippen molar-refractivity contribution in [3.8, 4) is 6.07 Å². The van der Waals surface area contributed by atoms with E-state index in [1.54, 1.807) is 0 Å². The van der Waals surface area contributed by atoms with Crippen LogP contribution in [0.2, 0.25) is 0 Å². The maximum absolute atomic E-state index is 8.92. The Morgan fingerprint density at radius 3 is 3.07 bits per heavy atom. The average Bonchev–Trinajstić information content (AvgIpc) is 2.62. The van der Waals surface area contributed by atoms with Crippen LogP contribution in [-0.4, -0.2) is 6.54 Å². The van der Waals surface area contributed by atoms with E-state index in [9.17, 15) is 0 Å². The molecule has 2 rings (SSSR count). The second-order valence-corrected chi connectivity index (χ2v) is 4.47. The molecule has 0 bridgehead atoms. The fourth-order valence-electron chi connectivity index (χ4n) is 1.83. The SMILES string of the molecule is CC(C#N)c1cc(Br)cc2c1NCC2. The Morgan fingerprint density at radius 2 is 2.36 bits per heavy atom. The van der Waals surface area contributed by atoms with Crippen LogP contribution in [0.5, 0.6) is 0 Å². The zero-order valence-electron chi connectivity index (χ0n) is 7.97. The standard InChI is InChI=1S/C11H11BrN2/c1-7(6-13)10-5-9(12)4-8-2-3-14-11(8)10/h4-5,7,14H,2-3H2,1H3.